The van der Waals surface area contributed by atoms with Crippen LogP contribution < -0.4 is 0 Å². The van der Waals surface area contributed by atoms with Crippen LogP contribution in [0.3, 0.4) is 0 Å². The maximum absolute atomic E-state index is 12.4. The van der Waals surface area contributed by atoms with Crippen LogP contribution in [0.5, 0.6) is 0 Å². The molecule has 0 radical (unpaired) electrons. The van der Waals surface area contributed by atoms with E-state index in [2.05, 4.69) is 0 Å². The van der Waals surface area contributed by atoms with Gasteiger partial charge in [0.05, 0.1) is 12.5 Å². The van der Waals surface area contributed by atoms with Gasteiger partial charge in [-0.05, 0) is 46.3 Å². The summed E-state index contributed by atoms with van der Waals surface area (Å²) in [6.45, 7) is 9.68. The summed E-state index contributed by atoms with van der Waals surface area (Å²) in [6, 6.07) is 0. The van der Waals surface area contributed by atoms with Crippen molar-refractivity contribution in [2.24, 2.45) is 17.8 Å². The molecule has 1 aliphatic carbocycles. The second kappa shape index (κ2) is 6.37. The van der Waals surface area contributed by atoms with E-state index < -0.39 is 15.9 Å². The van der Waals surface area contributed by atoms with Crippen LogP contribution in [0.4, 0.5) is 0 Å². The van der Waals surface area contributed by atoms with Gasteiger partial charge in [0.25, 0.3) is 0 Å². The monoisotopic (exact) mass is 340 g/mol. The lowest BCUT2D eigenvalue weighted by atomic mass is 9.91. The fraction of sp³-hybridized carbons (Fsp3) is 0.857. The Kier molecular flexibility index (Phi) is 5.73. The van der Waals surface area contributed by atoms with Crippen LogP contribution in [0.2, 0.25) is 0 Å². The second-order valence-corrected chi connectivity index (χ2v) is 8.12. The van der Waals surface area contributed by atoms with Crippen molar-refractivity contribution in [3.05, 3.63) is 0 Å². The maximum Gasteiger partial charge on any atom is 0.310 e. The highest BCUT2D eigenvalue weighted by molar-refractivity contribution is 7.80. The van der Waals surface area contributed by atoms with Crippen LogP contribution in [0.1, 0.15) is 41.0 Å². The summed E-state index contributed by atoms with van der Waals surface area (Å²) in [7, 11) is 0. The molecular formula is C14H22Cl2O3S. The Morgan fingerprint density at radius 3 is 2.40 bits per heavy atom. The Morgan fingerprint density at radius 1 is 1.40 bits per heavy atom. The molecule has 0 unspecified atom stereocenters. The smallest absolute Gasteiger partial charge is 0.310 e. The molecule has 0 aliphatic heterocycles. The minimum absolute atomic E-state index is 0.164. The molecule has 116 valence electrons. The standard InChI is InChI=1S/C14H22Cl2O3S/c1-6-18-12(20)10-8(2)14(15,16)7-9(10)11(17)19-13(3,4)5/h8-10H,6-7H2,1-5H3/t8-,9-,10-/m1/s1. The third kappa shape index (κ3) is 4.22. The maximum atomic E-state index is 12.4. The molecule has 0 bridgehead atoms. The summed E-state index contributed by atoms with van der Waals surface area (Å²) in [5.41, 5.74) is -0.554. The van der Waals surface area contributed by atoms with Crippen molar-refractivity contribution < 1.29 is 14.3 Å². The molecule has 20 heavy (non-hydrogen) atoms. The minimum atomic E-state index is -0.993. The second-order valence-electron chi connectivity index (χ2n) is 6.17. The number of halogens is 2. The van der Waals surface area contributed by atoms with Gasteiger partial charge in [-0.15, -0.1) is 23.2 Å². The fourth-order valence-electron chi connectivity index (χ4n) is 2.43. The van der Waals surface area contributed by atoms with Crippen molar-refractivity contribution in [2.45, 2.75) is 51.0 Å². The highest BCUT2D eigenvalue weighted by atomic mass is 35.5. The van der Waals surface area contributed by atoms with Crippen LogP contribution >= 0.6 is 35.4 Å². The molecule has 0 saturated heterocycles. The fourth-order valence-corrected chi connectivity index (χ4v) is 3.52. The number of rotatable bonds is 3. The van der Waals surface area contributed by atoms with Gasteiger partial charge in [-0.2, -0.15) is 0 Å². The molecule has 0 N–H and O–H groups in total. The van der Waals surface area contributed by atoms with E-state index in [4.69, 9.17) is 44.9 Å². The summed E-state index contributed by atoms with van der Waals surface area (Å²) in [5.74, 6) is -1.24. The highest BCUT2D eigenvalue weighted by Gasteiger charge is 2.55. The van der Waals surface area contributed by atoms with E-state index in [1.165, 1.54) is 0 Å². The number of carbonyl (C=O) groups is 1. The third-order valence-electron chi connectivity index (χ3n) is 3.40. The van der Waals surface area contributed by atoms with Gasteiger partial charge in [0, 0.05) is 11.8 Å². The predicted octanol–water partition coefficient (Wildman–Crippen LogP) is 4.14. The highest BCUT2D eigenvalue weighted by Crippen LogP contribution is 2.52. The molecule has 1 rings (SSSR count). The van der Waals surface area contributed by atoms with E-state index in [9.17, 15) is 4.79 Å². The normalized spacial score (nSPS) is 29.1. The molecule has 0 spiro atoms. The summed E-state index contributed by atoms with van der Waals surface area (Å²) < 4.78 is 9.86. The molecule has 0 amide bonds. The van der Waals surface area contributed by atoms with Gasteiger partial charge in [0.1, 0.15) is 9.93 Å². The molecular weight excluding hydrogens is 319 g/mol. The van der Waals surface area contributed by atoms with Gasteiger partial charge in [-0.25, -0.2) is 0 Å². The summed E-state index contributed by atoms with van der Waals surface area (Å²) >= 11 is 17.9. The van der Waals surface area contributed by atoms with Crippen molar-refractivity contribution in [2.75, 3.05) is 6.61 Å². The molecule has 0 aromatic carbocycles. The van der Waals surface area contributed by atoms with Crippen LogP contribution in [-0.4, -0.2) is 27.6 Å². The summed E-state index contributed by atoms with van der Waals surface area (Å²) in [5, 5.41) is 0.388. The van der Waals surface area contributed by atoms with Crippen molar-refractivity contribution in [1.29, 1.82) is 0 Å². The average molecular weight is 341 g/mol. The zero-order valence-corrected chi connectivity index (χ0v) is 14.9. The number of alkyl halides is 2. The summed E-state index contributed by atoms with van der Waals surface area (Å²) in [6.07, 6.45) is 0.323. The number of esters is 1. The zero-order valence-electron chi connectivity index (χ0n) is 12.5. The molecule has 1 saturated carbocycles. The van der Waals surface area contributed by atoms with Gasteiger partial charge in [0.15, 0.2) is 5.05 Å². The molecule has 0 heterocycles. The van der Waals surface area contributed by atoms with Gasteiger partial charge >= 0.3 is 5.97 Å². The number of hydrogen-bond acceptors (Lipinski definition) is 4. The van der Waals surface area contributed by atoms with Gasteiger partial charge in [-0.1, -0.05) is 6.92 Å². The van der Waals surface area contributed by atoms with E-state index in [-0.39, 0.29) is 17.8 Å². The molecule has 0 aromatic rings. The van der Waals surface area contributed by atoms with Crippen molar-refractivity contribution >= 4 is 46.4 Å². The first-order valence-corrected chi connectivity index (χ1v) is 7.93. The van der Waals surface area contributed by atoms with E-state index in [0.717, 1.165) is 0 Å². The molecule has 1 fully saturated rings. The molecule has 6 heteroatoms. The van der Waals surface area contributed by atoms with Crippen LogP contribution in [-0.2, 0) is 14.3 Å². The Bertz CT molecular complexity index is 390. The molecule has 1 aliphatic rings. The molecule has 0 aromatic heterocycles. The first kappa shape index (κ1) is 18.0. The van der Waals surface area contributed by atoms with E-state index in [0.29, 0.717) is 18.1 Å². The minimum Gasteiger partial charge on any atom is -0.487 e. The topological polar surface area (TPSA) is 35.5 Å². The lowest BCUT2D eigenvalue weighted by Gasteiger charge is -2.26. The van der Waals surface area contributed by atoms with Gasteiger partial charge < -0.3 is 9.47 Å². The van der Waals surface area contributed by atoms with E-state index in [1.807, 2.05) is 34.6 Å². The Labute approximate surface area is 136 Å². The SMILES string of the molecule is CCOC(=S)[C@@H]1[C@@H](C)C(Cl)(Cl)C[C@H]1C(=O)OC(C)(C)C. The Hall–Kier alpha value is -0.0600. The van der Waals surface area contributed by atoms with Crippen LogP contribution in [0, 0.1) is 17.8 Å². The van der Waals surface area contributed by atoms with Gasteiger partial charge in [-0.3, -0.25) is 4.79 Å². The molecule has 3 atom stereocenters. The number of ether oxygens (including phenoxy) is 2. The van der Waals surface area contributed by atoms with Crippen molar-refractivity contribution in [3.63, 3.8) is 0 Å². The first-order chi connectivity index (χ1) is 8.99. The largest absolute Gasteiger partial charge is 0.487 e. The average Bonchev–Trinajstić information content (AvgIpc) is 2.48. The van der Waals surface area contributed by atoms with E-state index in [1.54, 1.807) is 0 Å². The van der Waals surface area contributed by atoms with Crippen molar-refractivity contribution in [3.8, 4) is 0 Å². The number of hydrogen-bond donors (Lipinski definition) is 0. The van der Waals surface area contributed by atoms with Crippen LogP contribution in [0.25, 0.3) is 0 Å². The Balaban J connectivity index is 2.97. The number of carbonyl (C=O) groups excluding carboxylic acids is 1. The third-order valence-corrected chi connectivity index (χ3v) is 4.79. The van der Waals surface area contributed by atoms with E-state index >= 15 is 0 Å². The van der Waals surface area contributed by atoms with Crippen molar-refractivity contribution in [1.82, 2.24) is 0 Å². The lowest BCUT2D eigenvalue weighted by Crippen LogP contribution is -2.34. The van der Waals surface area contributed by atoms with Gasteiger partial charge in [0.2, 0.25) is 0 Å². The predicted molar refractivity (Wildman–Crippen MR) is 85.3 cm³/mol. The van der Waals surface area contributed by atoms with Crippen LogP contribution in [0.15, 0.2) is 0 Å². The number of thiocarbonyl (C=S) groups is 1. The quantitative estimate of drug-likeness (QED) is 0.439. The molecule has 3 nitrogen and oxygen atoms in total. The zero-order chi connectivity index (χ0) is 15.7. The first-order valence-electron chi connectivity index (χ1n) is 6.77. The Morgan fingerprint density at radius 2 is 1.95 bits per heavy atom. The lowest BCUT2D eigenvalue weighted by molar-refractivity contribution is -0.160. The summed E-state index contributed by atoms with van der Waals surface area (Å²) in [4.78, 5) is 12.4.